The number of benzene rings is 1. The predicted octanol–water partition coefficient (Wildman–Crippen LogP) is 1.40. The maximum Gasteiger partial charge on any atom is 0.311 e. The minimum atomic E-state index is -0.507. The van der Waals surface area contributed by atoms with Crippen molar-refractivity contribution in [1.82, 2.24) is 0 Å². The molecule has 0 aliphatic rings. The van der Waals surface area contributed by atoms with Crippen LogP contribution in [0.25, 0.3) is 0 Å². The first-order valence-electron chi connectivity index (χ1n) is 4.03. The Morgan fingerprint density at radius 1 is 1.57 bits per heavy atom. The number of hydrogen-bond donors (Lipinski definition) is 1. The zero-order valence-electron chi connectivity index (χ0n) is 7.98. The third kappa shape index (κ3) is 1.67. The molecule has 5 nitrogen and oxygen atoms in total. The van der Waals surface area contributed by atoms with E-state index in [-0.39, 0.29) is 18.0 Å². The zero-order valence-corrected chi connectivity index (χ0v) is 7.98. The second-order valence-corrected chi connectivity index (χ2v) is 2.82. The van der Waals surface area contributed by atoms with E-state index in [4.69, 9.17) is 9.84 Å². The molecule has 0 fully saturated rings. The number of nitro benzene ring substituents is 1. The molecule has 0 atom stereocenters. The monoisotopic (exact) mass is 197 g/mol. The minimum absolute atomic E-state index is 0.0813. The van der Waals surface area contributed by atoms with Gasteiger partial charge in [-0.15, -0.1) is 0 Å². The molecule has 1 aromatic rings. The first-order chi connectivity index (χ1) is 6.61. The van der Waals surface area contributed by atoms with Gasteiger partial charge in [0, 0.05) is 11.6 Å². The van der Waals surface area contributed by atoms with E-state index in [1.807, 2.05) is 0 Å². The molecule has 0 bridgehead atoms. The van der Waals surface area contributed by atoms with Gasteiger partial charge in [0.2, 0.25) is 0 Å². The summed E-state index contributed by atoms with van der Waals surface area (Å²) >= 11 is 0. The number of methoxy groups -OCH3 is 1. The van der Waals surface area contributed by atoms with Gasteiger partial charge in [-0.3, -0.25) is 10.1 Å². The maximum atomic E-state index is 10.6. The summed E-state index contributed by atoms with van der Waals surface area (Å²) in [5.74, 6) is 0.210. The summed E-state index contributed by atoms with van der Waals surface area (Å²) < 4.78 is 4.93. The van der Waals surface area contributed by atoms with Gasteiger partial charge in [-0.05, 0) is 18.6 Å². The first-order valence-corrected chi connectivity index (χ1v) is 4.03. The summed E-state index contributed by atoms with van der Waals surface area (Å²) in [4.78, 5) is 10.1. The standard InChI is InChI=1S/C9H11NO4/c1-6-7(5-11)3-4-8(10(12)13)9(6)14-2/h3-4,11H,5H2,1-2H3. The number of nitro groups is 1. The Balaban J connectivity index is 3.35. The molecule has 1 aromatic carbocycles. The van der Waals surface area contributed by atoms with Crippen LogP contribution in [0.2, 0.25) is 0 Å². The zero-order chi connectivity index (χ0) is 10.7. The highest BCUT2D eigenvalue weighted by molar-refractivity contribution is 5.54. The van der Waals surface area contributed by atoms with Crippen molar-refractivity contribution >= 4 is 5.69 Å². The first kappa shape index (κ1) is 10.5. The van der Waals surface area contributed by atoms with Crippen molar-refractivity contribution in [1.29, 1.82) is 0 Å². The Kier molecular flexibility index (Phi) is 3.03. The Labute approximate surface area is 81.1 Å². The molecule has 1 N–H and O–H groups in total. The Hall–Kier alpha value is -1.62. The molecule has 0 aromatic heterocycles. The molecule has 0 amide bonds. The molecular weight excluding hydrogens is 186 g/mol. The van der Waals surface area contributed by atoms with E-state index in [9.17, 15) is 10.1 Å². The molecule has 1 rings (SSSR count). The lowest BCUT2D eigenvalue weighted by Crippen LogP contribution is -1.99. The van der Waals surface area contributed by atoms with Gasteiger partial charge in [-0.1, -0.05) is 0 Å². The molecule has 0 aliphatic carbocycles. The van der Waals surface area contributed by atoms with E-state index in [1.54, 1.807) is 6.92 Å². The van der Waals surface area contributed by atoms with Crippen molar-refractivity contribution in [2.75, 3.05) is 7.11 Å². The lowest BCUT2D eigenvalue weighted by molar-refractivity contribution is -0.385. The number of aliphatic hydroxyl groups excluding tert-OH is 1. The highest BCUT2D eigenvalue weighted by atomic mass is 16.6. The number of hydrogen-bond acceptors (Lipinski definition) is 4. The minimum Gasteiger partial charge on any atom is -0.490 e. The van der Waals surface area contributed by atoms with Crippen molar-refractivity contribution in [2.24, 2.45) is 0 Å². The predicted molar refractivity (Wildman–Crippen MR) is 50.3 cm³/mol. The molecule has 0 heterocycles. The van der Waals surface area contributed by atoms with Crippen LogP contribution in [-0.4, -0.2) is 17.1 Å². The fraction of sp³-hybridized carbons (Fsp3) is 0.333. The summed E-state index contributed by atoms with van der Waals surface area (Å²) in [7, 11) is 1.37. The van der Waals surface area contributed by atoms with Crippen LogP contribution in [0, 0.1) is 17.0 Å². The summed E-state index contributed by atoms with van der Waals surface area (Å²) in [6, 6.07) is 2.85. The fourth-order valence-electron chi connectivity index (χ4n) is 1.29. The fourth-order valence-corrected chi connectivity index (χ4v) is 1.29. The molecule has 0 spiro atoms. The van der Waals surface area contributed by atoms with Crippen molar-refractivity contribution in [3.63, 3.8) is 0 Å². The summed E-state index contributed by atoms with van der Waals surface area (Å²) in [6.45, 7) is 1.53. The second-order valence-electron chi connectivity index (χ2n) is 2.82. The Morgan fingerprint density at radius 2 is 2.21 bits per heavy atom. The number of nitrogens with zero attached hydrogens (tertiary/aromatic N) is 1. The Bertz CT molecular complexity index is 362. The summed E-state index contributed by atoms with van der Waals surface area (Å²) in [5, 5.41) is 19.5. The van der Waals surface area contributed by atoms with Gasteiger partial charge in [0.15, 0.2) is 5.75 Å². The van der Waals surface area contributed by atoms with Gasteiger partial charge in [0.1, 0.15) is 0 Å². The molecule has 0 unspecified atom stereocenters. The third-order valence-corrected chi connectivity index (χ3v) is 2.07. The van der Waals surface area contributed by atoms with Crippen LogP contribution in [-0.2, 0) is 6.61 Å². The average molecular weight is 197 g/mol. The van der Waals surface area contributed by atoms with Crippen molar-refractivity contribution in [3.05, 3.63) is 33.4 Å². The molecule has 0 saturated carbocycles. The van der Waals surface area contributed by atoms with Gasteiger partial charge in [-0.2, -0.15) is 0 Å². The SMILES string of the molecule is COc1c([N+](=O)[O-])ccc(CO)c1C. The quantitative estimate of drug-likeness (QED) is 0.587. The molecule has 5 heteroatoms. The lowest BCUT2D eigenvalue weighted by Gasteiger charge is -2.08. The highest BCUT2D eigenvalue weighted by Gasteiger charge is 2.18. The highest BCUT2D eigenvalue weighted by Crippen LogP contribution is 2.32. The van der Waals surface area contributed by atoms with Crippen LogP contribution in [0.5, 0.6) is 5.75 Å². The van der Waals surface area contributed by atoms with Crippen LogP contribution in [0.15, 0.2) is 12.1 Å². The van der Waals surface area contributed by atoms with E-state index in [2.05, 4.69) is 0 Å². The van der Waals surface area contributed by atoms with E-state index in [1.165, 1.54) is 19.2 Å². The molecular formula is C9H11NO4. The van der Waals surface area contributed by atoms with E-state index >= 15 is 0 Å². The number of rotatable bonds is 3. The number of ether oxygens (including phenoxy) is 1. The molecule has 76 valence electrons. The third-order valence-electron chi connectivity index (χ3n) is 2.07. The van der Waals surface area contributed by atoms with Crippen LogP contribution in [0.3, 0.4) is 0 Å². The van der Waals surface area contributed by atoms with Crippen LogP contribution < -0.4 is 4.74 Å². The smallest absolute Gasteiger partial charge is 0.311 e. The van der Waals surface area contributed by atoms with E-state index < -0.39 is 4.92 Å². The Morgan fingerprint density at radius 3 is 2.64 bits per heavy atom. The van der Waals surface area contributed by atoms with Crippen LogP contribution >= 0.6 is 0 Å². The van der Waals surface area contributed by atoms with E-state index in [0.29, 0.717) is 11.1 Å². The number of aliphatic hydroxyl groups is 1. The summed E-state index contributed by atoms with van der Waals surface area (Å²) in [5.41, 5.74) is 1.15. The van der Waals surface area contributed by atoms with Gasteiger partial charge >= 0.3 is 5.69 Å². The average Bonchev–Trinajstić information content (AvgIpc) is 2.17. The molecule has 14 heavy (non-hydrogen) atoms. The van der Waals surface area contributed by atoms with Crippen LogP contribution in [0.4, 0.5) is 5.69 Å². The van der Waals surface area contributed by atoms with Crippen molar-refractivity contribution < 1.29 is 14.8 Å². The van der Waals surface area contributed by atoms with Gasteiger partial charge in [-0.25, -0.2) is 0 Å². The molecule has 0 aliphatic heterocycles. The van der Waals surface area contributed by atoms with E-state index in [0.717, 1.165) is 0 Å². The maximum absolute atomic E-state index is 10.6. The normalized spacial score (nSPS) is 9.93. The largest absolute Gasteiger partial charge is 0.490 e. The van der Waals surface area contributed by atoms with Crippen LogP contribution in [0.1, 0.15) is 11.1 Å². The molecule has 0 radical (unpaired) electrons. The van der Waals surface area contributed by atoms with Gasteiger partial charge in [0.05, 0.1) is 18.6 Å². The molecule has 0 saturated heterocycles. The lowest BCUT2D eigenvalue weighted by atomic mass is 10.1. The van der Waals surface area contributed by atoms with Gasteiger partial charge < -0.3 is 9.84 Å². The van der Waals surface area contributed by atoms with Crippen molar-refractivity contribution in [2.45, 2.75) is 13.5 Å². The van der Waals surface area contributed by atoms with Gasteiger partial charge in [0.25, 0.3) is 0 Å². The van der Waals surface area contributed by atoms with Crippen molar-refractivity contribution in [3.8, 4) is 5.75 Å². The summed E-state index contributed by atoms with van der Waals surface area (Å²) in [6.07, 6.45) is 0. The second kappa shape index (κ2) is 4.06. The topological polar surface area (TPSA) is 72.6 Å².